The molecular formula is C31H50O. The molecule has 0 spiro atoms. The molecule has 1 heteroatoms. The highest BCUT2D eigenvalue weighted by atomic mass is 16.2. The second kappa shape index (κ2) is 12.2. The number of aliphatic hydroxyl groups is 1. The lowest BCUT2D eigenvalue weighted by Gasteiger charge is -2.37. The maximum absolute atomic E-state index is 9.20. The van der Waals surface area contributed by atoms with Crippen molar-refractivity contribution >= 4 is 5.57 Å². The zero-order chi connectivity index (χ0) is 23.8. The first kappa shape index (κ1) is 26.9. The van der Waals surface area contributed by atoms with Gasteiger partial charge in [-0.05, 0) is 59.3 Å². The average molecular weight is 439 g/mol. The summed E-state index contributed by atoms with van der Waals surface area (Å²) in [5, 5.41) is 9.20. The monoisotopic (exact) mass is 438 g/mol. The van der Waals surface area contributed by atoms with Crippen LogP contribution in [0.1, 0.15) is 129 Å². The molecule has 1 atom stereocenters. The predicted molar refractivity (Wildman–Crippen MR) is 142 cm³/mol. The quantitative estimate of drug-likeness (QED) is 0.271. The molecule has 0 radical (unpaired) electrons. The summed E-state index contributed by atoms with van der Waals surface area (Å²) in [6, 6.07) is 7.36. The largest absolute Gasteiger partial charge is 0.396 e. The number of hydrogen-bond donors (Lipinski definition) is 1. The maximum atomic E-state index is 9.20. The summed E-state index contributed by atoms with van der Waals surface area (Å²) in [6.07, 6.45) is 15.5. The third-order valence-electron chi connectivity index (χ3n) is 8.44. The minimum absolute atomic E-state index is 0.156. The van der Waals surface area contributed by atoms with E-state index in [0.717, 1.165) is 19.3 Å². The predicted octanol–water partition coefficient (Wildman–Crippen LogP) is 9.13. The molecule has 0 amide bonds. The van der Waals surface area contributed by atoms with Gasteiger partial charge in [-0.15, -0.1) is 0 Å². The standard InChI is InChI=1S/C31H50O/c1-8-11-12-15-20-31(21-16-13-14-17-22-32)28(10-3)26(9-2)27-19-18-25(23-29(27)31)30(6,7)24(4)5/h9,18-19,23-24,32H,2,8,10-17,20-22H2,1,3-7H3. The molecular weight excluding hydrogens is 388 g/mol. The number of benzene rings is 1. The maximum Gasteiger partial charge on any atom is 0.0431 e. The number of rotatable bonds is 15. The van der Waals surface area contributed by atoms with Crippen molar-refractivity contribution < 1.29 is 5.11 Å². The van der Waals surface area contributed by atoms with Crippen LogP contribution < -0.4 is 0 Å². The van der Waals surface area contributed by atoms with Crippen LogP contribution >= 0.6 is 0 Å². The van der Waals surface area contributed by atoms with Crippen molar-refractivity contribution in [3.8, 4) is 0 Å². The highest BCUT2D eigenvalue weighted by Crippen LogP contribution is 2.54. The Kier molecular flexibility index (Phi) is 10.3. The van der Waals surface area contributed by atoms with E-state index >= 15 is 0 Å². The summed E-state index contributed by atoms with van der Waals surface area (Å²) in [6.45, 7) is 18.7. The fourth-order valence-electron chi connectivity index (χ4n) is 5.70. The number of aliphatic hydroxyl groups excluding tert-OH is 1. The van der Waals surface area contributed by atoms with E-state index in [4.69, 9.17) is 0 Å². The summed E-state index contributed by atoms with van der Waals surface area (Å²) in [4.78, 5) is 0. The van der Waals surface area contributed by atoms with Crippen molar-refractivity contribution in [2.75, 3.05) is 6.61 Å². The van der Waals surface area contributed by atoms with Crippen molar-refractivity contribution in [2.45, 2.75) is 123 Å². The van der Waals surface area contributed by atoms with Crippen molar-refractivity contribution in [1.82, 2.24) is 0 Å². The van der Waals surface area contributed by atoms with Gasteiger partial charge in [0.15, 0.2) is 0 Å². The molecule has 0 fully saturated rings. The molecule has 0 aromatic heterocycles. The second-order valence-electron chi connectivity index (χ2n) is 10.9. The molecule has 1 aromatic carbocycles. The lowest BCUT2D eigenvalue weighted by Crippen LogP contribution is -2.29. The number of unbranched alkanes of at least 4 members (excludes halogenated alkanes) is 6. The van der Waals surface area contributed by atoms with Gasteiger partial charge in [-0.3, -0.25) is 0 Å². The zero-order valence-electron chi connectivity index (χ0n) is 22.0. The van der Waals surface area contributed by atoms with Gasteiger partial charge in [0.25, 0.3) is 0 Å². The fourth-order valence-corrected chi connectivity index (χ4v) is 5.70. The van der Waals surface area contributed by atoms with E-state index in [0.29, 0.717) is 12.5 Å². The van der Waals surface area contributed by atoms with Gasteiger partial charge in [0.05, 0.1) is 0 Å². The van der Waals surface area contributed by atoms with Gasteiger partial charge in [0.1, 0.15) is 0 Å². The van der Waals surface area contributed by atoms with E-state index in [-0.39, 0.29) is 10.8 Å². The molecule has 32 heavy (non-hydrogen) atoms. The van der Waals surface area contributed by atoms with Gasteiger partial charge < -0.3 is 5.11 Å². The molecule has 1 aliphatic rings. The van der Waals surface area contributed by atoms with E-state index in [1.807, 2.05) is 0 Å². The lowest BCUT2D eigenvalue weighted by molar-refractivity contribution is 0.280. The Morgan fingerprint density at radius 1 is 0.969 bits per heavy atom. The summed E-state index contributed by atoms with van der Waals surface area (Å²) >= 11 is 0. The van der Waals surface area contributed by atoms with E-state index in [9.17, 15) is 5.11 Å². The van der Waals surface area contributed by atoms with E-state index in [2.05, 4.69) is 72.4 Å². The fraction of sp³-hybridized carbons (Fsp3) is 0.677. The third-order valence-corrected chi connectivity index (χ3v) is 8.44. The summed E-state index contributed by atoms with van der Waals surface area (Å²) < 4.78 is 0. The first-order chi connectivity index (χ1) is 15.3. The number of allylic oxidation sites excluding steroid dienone is 3. The average Bonchev–Trinajstić information content (AvgIpc) is 3.04. The highest BCUT2D eigenvalue weighted by molar-refractivity contribution is 5.86. The van der Waals surface area contributed by atoms with Crippen LogP contribution in [0, 0.1) is 5.92 Å². The Bertz CT molecular complexity index is 767. The first-order valence-corrected chi connectivity index (χ1v) is 13.4. The van der Waals surface area contributed by atoms with E-state index < -0.39 is 0 Å². The van der Waals surface area contributed by atoms with Gasteiger partial charge in [-0.25, -0.2) is 0 Å². The summed E-state index contributed by atoms with van der Waals surface area (Å²) in [5.74, 6) is 0.594. The van der Waals surface area contributed by atoms with Crippen molar-refractivity contribution in [2.24, 2.45) is 5.92 Å². The van der Waals surface area contributed by atoms with E-state index in [1.54, 1.807) is 11.1 Å². The third kappa shape index (κ3) is 5.58. The topological polar surface area (TPSA) is 20.2 Å². The van der Waals surface area contributed by atoms with Gasteiger partial charge in [-0.2, -0.15) is 0 Å². The molecule has 1 N–H and O–H groups in total. The zero-order valence-corrected chi connectivity index (χ0v) is 22.0. The van der Waals surface area contributed by atoms with Gasteiger partial charge in [-0.1, -0.05) is 123 Å². The van der Waals surface area contributed by atoms with Crippen LogP contribution in [0.15, 0.2) is 36.4 Å². The first-order valence-electron chi connectivity index (χ1n) is 13.4. The molecule has 2 rings (SSSR count). The molecule has 0 saturated carbocycles. The molecule has 1 aliphatic carbocycles. The van der Waals surface area contributed by atoms with Crippen LogP contribution in [0.5, 0.6) is 0 Å². The number of hydrogen-bond acceptors (Lipinski definition) is 1. The van der Waals surface area contributed by atoms with Crippen molar-refractivity contribution in [3.63, 3.8) is 0 Å². The van der Waals surface area contributed by atoms with Crippen LogP contribution in [-0.2, 0) is 10.8 Å². The van der Waals surface area contributed by atoms with Gasteiger partial charge in [0.2, 0.25) is 0 Å². The molecule has 0 bridgehead atoms. The Balaban J connectivity index is 2.54. The Hall–Kier alpha value is -1.34. The van der Waals surface area contributed by atoms with Crippen molar-refractivity contribution in [1.29, 1.82) is 0 Å². The van der Waals surface area contributed by atoms with Crippen LogP contribution in [0.3, 0.4) is 0 Å². The van der Waals surface area contributed by atoms with Gasteiger partial charge in [0, 0.05) is 12.0 Å². The molecule has 0 heterocycles. The number of fused-ring (bicyclic) bond motifs is 1. The molecule has 1 unspecified atom stereocenters. The Morgan fingerprint density at radius 2 is 1.59 bits per heavy atom. The summed E-state index contributed by atoms with van der Waals surface area (Å²) in [7, 11) is 0. The lowest BCUT2D eigenvalue weighted by atomic mass is 9.67. The minimum atomic E-state index is 0.156. The molecule has 180 valence electrons. The molecule has 0 aliphatic heterocycles. The Labute approximate surface area is 199 Å². The molecule has 1 nitrogen and oxygen atoms in total. The SMILES string of the molecule is C=CC1=C(CC)C(CCCCCC)(CCCCCCO)c2cc(C(C)(C)C(C)C)ccc21. The normalized spacial score (nSPS) is 18.5. The minimum Gasteiger partial charge on any atom is -0.396 e. The second-order valence-corrected chi connectivity index (χ2v) is 10.9. The Morgan fingerprint density at radius 3 is 2.12 bits per heavy atom. The smallest absolute Gasteiger partial charge is 0.0431 e. The van der Waals surface area contributed by atoms with Gasteiger partial charge >= 0.3 is 0 Å². The van der Waals surface area contributed by atoms with Crippen LogP contribution in [0.25, 0.3) is 5.57 Å². The van der Waals surface area contributed by atoms with Crippen LogP contribution in [-0.4, -0.2) is 11.7 Å². The summed E-state index contributed by atoms with van der Waals surface area (Å²) in [5.41, 5.74) is 7.84. The van der Waals surface area contributed by atoms with E-state index in [1.165, 1.54) is 68.1 Å². The van der Waals surface area contributed by atoms with Crippen LogP contribution in [0.2, 0.25) is 0 Å². The highest BCUT2D eigenvalue weighted by Gasteiger charge is 2.43. The molecule has 0 saturated heterocycles. The van der Waals surface area contributed by atoms with Crippen LogP contribution in [0.4, 0.5) is 0 Å². The molecule has 1 aromatic rings. The van der Waals surface area contributed by atoms with Crippen molar-refractivity contribution in [3.05, 3.63) is 53.1 Å².